The number of aromatic nitrogens is 3. The van der Waals surface area contributed by atoms with Crippen LogP contribution >= 0.6 is 11.8 Å². The van der Waals surface area contributed by atoms with Crippen molar-refractivity contribution in [1.29, 1.82) is 0 Å². The van der Waals surface area contributed by atoms with Gasteiger partial charge >= 0.3 is 0 Å². The van der Waals surface area contributed by atoms with Crippen molar-refractivity contribution < 1.29 is 9.59 Å². The van der Waals surface area contributed by atoms with Crippen LogP contribution < -0.4 is 10.2 Å². The van der Waals surface area contributed by atoms with Crippen LogP contribution in [0.2, 0.25) is 0 Å². The summed E-state index contributed by atoms with van der Waals surface area (Å²) in [6.45, 7) is 2.05. The maximum Gasteiger partial charge on any atom is 0.244 e. The van der Waals surface area contributed by atoms with E-state index in [0.717, 1.165) is 11.4 Å². The SMILES string of the molecule is Cc1ccc(-c2nnc(SCC(=O)N3CC(=O)Nc4ccccc43)n2C)cc1. The lowest BCUT2D eigenvalue weighted by Crippen LogP contribution is -2.43. The number of amides is 2. The molecule has 1 N–H and O–H groups in total. The van der Waals surface area contributed by atoms with Gasteiger partial charge in [0.1, 0.15) is 6.54 Å². The van der Waals surface area contributed by atoms with Crippen LogP contribution in [-0.2, 0) is 16.6 Å². The topological polar surface area (TPSA) is 80.1 Å². The molecule has 7 nitrogen and oxygen atoms in total. The van der Waals surface area contributed by atoms with Gasteiger partial charge in [-0.3, -0.25) is 9.59 Å². The Morgan fingerprint density at radius 3 is 2.68 bits per heavy atom. The lowest BCUT2D eigenvalue weighted by molar-refractivity contribution is -0.120. The Morgan fingerprint density at radius 1 is 1.14 bits per heavy atom. The molecule has 0 aliphatic carbocycles. The Hall–Kier alpha value is -3.13. The van der Waals surface area contributed by atoms with Gasteiger partial charge in [0.2, 0.25) is 11.8 Å². The quantitative estimate of drug-likeness (QED) is 0.690. The average molecular weight is 393 g/mol. The molecule has 3 aromatic rings. The highest BCUT2D eigenvalue weighted by Gasteiger charge is 2.27. The molecule has 1 aliphatic heterocycles. The zero-order valence-electron chi connectivity index (χ0n) is 15.5. The van der Waals surface area contributed by atoms with Crippen molar-refractivity contribution in [1.82, 2.24) is 14.8 Å². The molecule has 0 saturated carbocycles. The van der Waals surface area contributed by atoms with Crippen molar-refractivity contribution >= 4 is 35.0 Å². The summed E-state index contributed by atoms with van der Waals surface area (Å²) in [5.74, 6) is 0.573. The summed E-state index contributed by atoms with van der Waals surface area (Å²) in [6, 6.07) is 15.3. The fourth-order valence-electron chi connectivity index (χ4n) is 3.05. The van der Waals surface area contributed by atoms with Crippen molar-refractivity contribution in [3.05, 3.63) is 54.1 Å². The van der Waals surface area contributed by atoms with Crippen LogP contribution in [0.1, 0.15) is 5.56 Å². The van der Waals surface area contributed by atoms with Crippen molar-refractivity contribution in [3.8, 4) is 11.4 Å². The first-order valence-electron chi connectivity index (χ1n) is 8.81. The number of thioether (sulfide) groups is 1. The molecule has 8 heteroatoms. The molecular formula is C20H19N5O2S. The van der Waals surface area contributed by atoms with E-state index in [2.05, 4.69) is 15.5 Å². The third kappa shape index (κ3) is 3.50. The van der Waals surface area contributed by atoms with E-state index >= 15 is 0 Å². The van der Waals surface area contributed by atoms with Gasteiger partial charge in [0.05, 0.1) is 17.1 Å². The predicted molar refractivity (Wildman–Crippen MR) is 109 cm³/mol. The molecular weight excluding hydrogens is 374 g/mol. The molecule has 0 spiro atoms. The number of nitrogens with zero attached hydrogens (tertiary/aromatic N) is 4. The maximum absolute atomic E-state index is 12.8. The minimum Gasteiger partial charge on any atom is -0.323 e. The molecule has 0 bridgehead atoms. The first-order chi connectivity index (χ1) is 13.5. The summed E-state index contributed by atoms with van der Waals surface area (Å²) >= 11 is 1.31. The van der Waals surface area contributed by atoms with E-state index in [1.165, 1.54) is 22.2 Å². The molecule has 28 heavy (non-hydrogen) atoms. The number of fused-ring (bicyclic) bond motifs is 1. The van der Waals surface area contributed by atoms with E-state index in [0.29, 0.717) is 16.5 Å². The van der Waals surface area contributed by atoms with Crippen molar-refractivity contribution in [2.45, 2.75) is 12.1 Å². The van der Waals surface area contributed by atoms with Crippen LogP contribution in [0.25, 0.3) is 11.4 Å². The second-order valence-corrected chi connectivity index (χ2v) is 7.51. The average Bonchev–Trinajstić information content (AvgIpc) is 3.06. The van der Waals surface area contributed by atoms with Crippen LogP contribution in [0.15, 0.2) is 53.7 Å². The summed E-state index contributed by atoms with van der Waals surface area (Å²) in [6.07, 6.45) is 0. The van der Waals surface area contributed by atoms with Gasteiger partial charge in [0.25, 0.3) is 0 Å². The largest absolute Gasteiger partial charge is 0.323 e. The molecule has 0 atom stereocenters. The van der Waals surface area contributed by atoms with E-state index < -0.39 is 0 Å². The highest BCUT2D eigenvalue weighted by molar-refractivity contribution is 7.99. The van der Waals surface area contributed by atoms with Gasteiger partial charge < -0.3 is 14.8 Å². The number of hydrogen-bond donors (Lipinski definition) is 1. The van der Waals surface area contributed by atoms with Gasteiger partial charge in [0, 0.05) is 12.6 Å². The van der Waals surface area contributed by atoms with Gasteiger partial charge in [-0.25, -0.2) is 0 Å². The van der Waals surface area contributed by atoms with Crippen molar-refractivity contribution in [2.24, 2.45) is 7.05 Å². The molecule has 4 rings (SSSR count). The van der Waals surface area contributed by atoms with Crippen LogP contribution in [-0.4, -0.2) is 38.9 Å². The Labute approximate surface area is 166 Å². The zero-order valence-corrected chi connectivity index (χ0v) is 16.4. The van der Waals surface area contributed by atoms with Gasteiger partial charge in [-0.05, 0) is 19.1 Å². The molecule has 2 amide bonds. The molecule has 1 aromatic heterocycles. The van der Waals surface area contributed by atoms with E-state index in [4.69, 9.17) is 0 Å². The molecule has 2 aromatic carbocycles. The minimum atomic E-state index is -0.197. The lowest BCUT2D eigenvalue weighted by atomic mass is 10.1. The molecule has 142 valence electrons. The standard InChI is InChI=1S/C20H19N5O2S/c1-13-7-9-14(10-8-13)19-22-23-20(24(19)2)28-12-18(27)25-11-17(26)21-15-5-3-4-6-16(15)25/h3-10H,11-12H2,1-2H3,(H,21,26). The molecule has 0 fully saturated rings. The number of aryl methyl sites for hydroxylation is 1. The van der Waals surface area contributed by atoms with E-state index in [9.17, 15) is 9.59 Å². The third-order valence-electron chi connectivity index (χ3n) is 4.54. The Morgan fingerprint density at radius 2 is 1.89 bits per heavy atom. The number of rotatable bonds is 4. The van der Waals surface area contributed by atoms with Crippen LogP contribution in [0.4, 0.5) is 11.4 Å². The number of anilines is 2. The van der Waals surface area contributed by atoms with Gasteiger partial charge in [-0.1, -0.05) is 53.7 Å². The second kappa shape index (κ2) is 7.47. The van der Waals surface area contributed by atoms with Crippen LogP contribution in [0.5, 0.6) is 0 Å². The Kier molecular flexibility index (Phi) is 4.87. The summed E-state index contributed by atoms with van der Waals surface area (Å²) in [5, 5.41) is 11.9. The first-order valence-corrected chi connectivity index (χ1v) is 9.80. The zero-order chi connectivity index (χ0) is 19.7. The Balaban J connectivity index is 1.49. The summed E-state index contributed by atoms with van der Waals surface area (Å²) in [7, 11) is 1.88. The molecule has 0 unspecified atom stereocenters. The van der Waals surface area contributed by atoms with E-state index in [-0.39, 0.29) is 24.1 Å². The first kappa shape index (κ1) is 18.2. The number of benzene rings is 2. The smallest absolute Gasteiger partial charge is 0.244 e. The number of hydrogen-bond acceptors (Lipinski definition) is 5. The molecule has 1 aliphatic rings. The summed E-state index contributed by atoms with van der Waals surface area (Å²) in [5.41, 5.74) is 3.51. The molecule has 0 saturated heterocycles. The highest BCUT2D eigenvalue weighted by atomic mass is 32.2. The van der Waals surface area contributed by atoms with Gasteiger partial charge in [-0.15, -0.1) is 10.2 Å². The number of nitrogens with one attached hydrogen (secondary N) is 1. The molecule has 0 radical (unpaired) electrons. The number of carbonyl (C=O) groups excluding carboxylic acids is 2. The second-order valence-electron chi connectivity index (χ2n) is 6.57. The Bertz CT molecular complexity index is 1050. The van der Waals surface area contributed by atoms with E-state index in [1.54, 1.807) is 6.07 Å². The van der Waals surface area contributed by atoms with E-state index in [1.807, 2.05) is 61.0 Å². The highest BCUT2D eigenvalue weighted by Crippen LogP contribution is 2.30. The normalized spacial score (nSPS) is 13.2. The number of carbonyl (C=O) groups is 2. The fourth-order valence-corrected chi connectivity index (χ4v) is 3.84. The van der Waals surface area contributed by atoms with Gasteiger partial charge in [-0.2, -0.15) is 0 Å². The predicted octanol–water partition coefficient (Wildman–Crippen LogP) is 2.87. The van der Waals surface area contributed by atoms with Crippen molar-refractivity contribution in [2.75, 3.05) is 22.5 Å². The number of para-hydroxylation sites is 2. The summed E-state index contributed by atoms with van der Waals surface area (Å²) < 4.78 is 1.87. The minimum absolute atomic E-state index is 0.0177. The summed E-state index contributed by atoms with van der Waals surface area (Å²) in [4.78, 5) is 26.2. The monoisotopic (exact) mass is 393 g/mol. The van der Waals surface area contributed by atoms with Crippen LogP contribution in [0.3, 0.4) is 0 Å². The fraction of sp³-hybridized carbons (Fsp3) is 0.200. The molecule has 2 heterocycles. The lowest BCUT2D eigenvalue weighted by Gasteiger charge is -2.28. The maximum atomic E-state index is 12.8. The van der Waals surface area contributed by atoms with Gasteiger partial charge in [0.15, 0.2) is 11.0 Å². The van der Waals surface area contributed by atoms with Crippen molar-refractivity contribution in [3.63, 3.8) is 0 Å². The third-order valence-corrected chi connectivity index (χ3v) is 5.55. The van der Waals surface area contributed by atoms with Crippen LogP contribution in [0, 0.1) is 6.92 Å².